The molecule has 0 radical (unpaired) electrons. The third-order valence-electron chi connectivity index (χ3n) is 4.29. The Morgan fingerprint density at radius 2 is 1.94 bits per heavy atom. The van der Waals surface area contributed by atoms with E-state index < -0.39 is 0 Å². The Balaban J connectivity index is 2.21. The van der Waals surface area contributed by atoms with Crippen molar-refractivity contribution in [3.05, 3.63) is 11.3 Å². The van der Waals surface area contributed by atoms with Gasteiger partial charge in [-0.25, -0.2) is 0 Å². The van der Waals surface area contributed by atoms with Crippen molar-refractivity contribution >= 4 is 17.2 Å². The topological polar surface area (TPSA) is 3.24 Å². The molecule has 1 unspecified atom stereocenters. The molecule has 0 aromatic carbocycles. The Bertz CT molecular complexity index is 341. The van der Waals surface area contributed by atoms with Crippen LogP contribution in [0.4, 0.5) is 0 Å². The van der Waals surface area contributed by atoms with E-state index in [-0.39, 0.29) is 0 Å². The van der Waals surface area contributed by atoms with E-state index in [9.17, 15) is 0 Å². The maximum Gasteiger partial charge on any atom is 0.0865 e. The van der Waals surface area contributed by atoms with Crippen LogP contribution in [-0.2, 0) is 0 Å². The zero-order valence-corrected chi connectivity index (χ0v) is 12.4. The molecule has 0 spiro atoms. The zero-order chi connectivity index (χ0) is 12.6. The van der Waals surface area contributed by atoms with Crippen molar-refractivity contribution < 1.29 is 0 Å². The highest BCUT2D eigenvalue weighted by molar-refractivity contribution is 7.80. The fraction of sp³-hybridized carbons (Fsp3) is 0.800. The van der Waals surface area contributed by atoms with Gasteiger partial charge >= 0.3 is 0 Å². The summed E-state index contributed by atoms with van der Waals surface area (Å²) in [4.78, 5) is 3.59. The molecule has 17 heavy (non-hydrogen) atoms. The molecule has 0 saturated carbocycles. The number of nitrogens with zero attached hydrogens (tertiary/aromatic N) is 1. The minimum atomic E-state index is 0.533. The van der Waals surface area contributed by atoms with Gasteiger partial charge in [-0.3, -0.25) is 0 Å². The van der Waals surface area contributed by atoms with E-state index in [4.69, 9.17) is 12.2 Å². The monoisotopic (exact) mass is 251 g/mol. The Hall–Kier alpha value is -0.370. The summed E-state index contributed by atoms with van der Waals surface area (Å²) >= 11 is 5.56. The van der Waals surface area contributed by atoms with Crippen LogP contribution in [0.3, 0.4) is 0 Å². The molecular formula is C15H25NS. The fourth-order valence-corrected chi connectivity index (χ4v) is 3.79. The Morgan fingerprint density at radius 1 is 1.24 bits per heavy atom. The summed E-state index contributed by atoms with van der Waals surface area (Å²) in [5.41, 5.74) is 3.23. The molecule has 2 rings (SSSR count). The van der Waals surface area contributed by atoms with E-state index in [1.165, 1.54) is 25.7 Å². The summed E-state index contributed by atoms with van der Waals surface area (Å²) in [6.45, 7) is 9.24. The molecule has 0 aromatic rings. The first-order valence-corrected chi connectivity index (χ1v) is 7.44. The summed E-state index contributed by atoms with van der Waals surface area (Å²) in [5, 5.41) is 0. The largest absolute Gasteiger partial charge is 0.337 e. The van der Waals surface area contributed by atoms with Crippen molar-refractivity contribution in [3.8, 4) is 0 Å². The normalized spacial score (nSPS) is 25.9. The van der Waals surface area contributed by atoms with E-state index in [1.807, 2.05) is 0 Å². The highest BCUT2D eigenvalue weighted by Crippen LogP contribution is 2.40. The minimum Gasteiger partial charge on any atom is -0.337 e. The highest BCUT2D eigenvalue weighted by atomic mass is 32.1. The van der Waals surface area contributed by atoms with Crippen LogP contribution in [0.15, 0.2) is 11.3 Å². The lowest BCUT2D eigenvalue weighted by Gasteiger charge is -2.27. The van der Waals surface area contributed by atoms with Crippen molar-refractivity contribution in [2.75, 3.05) is 0 Å². The standard InChI is InChI=1S/C15H25NS/c1-10(2)12-6-5-7-14-13(8-12)9-15(17)16(14)11(3)4/h10-12H,5-9H2,1-4H3. The second-order valence-corrected chi connectivity index (χ2v) is 6.66. The highest BCUT2D eigenvalue weighted by Gasteiger charge is 2.32. The van der Waals surface area contributed by atoms with Crippen molar-refractivity contribution in [2.45, 2.75) is 65.8 Å². The second kappa shape index (κ2) is 5.09. The quantitative estimate of drug-likeness (QED) is 0.663. The van der Waals surface area contributed by atoms with Crippen molar-refractivity contribution in [1.82, 2.24) is 4.90 Å². The van der Waals surface area contributed by atoms with Crippen molar-refractivity contribution in [3.63, 3.8) is 0 Å². The van der Waals surface area contributed by atoms with Crippen LogP contribution < -0.4 is 0 Å². The van der Waals surface area contributed by atoms with Crippen LogP contribution in [0.1, 0.15) is 59.8 Å². The molecule has 0 N–H and O–H groups in total. The van der Waals surface area contributed by atoms with Crippen LogP contribution in [0.5, 0.6) is 0 Å². The first kappa shape index (κ1) is 13.1. The summed E-state index contributed by atoms with van der Waals surface area (Å²) in [7, 11) is 0. The van der Waals surface area contributed by atoms with Gasteiger partial charge in [-0.1, -0.05) is 26.1 Å². The summed E-state index contributed by atoms with van der Waals surface area (Å²) in [6.07, 6.45) is 6.33. The maximum atomic E-state index is 5.56. The van der Waals surface area contributed by atoms with E-state index in [2.05, 4.69) is 32.6 Å². The smallest absolute Gasteiger partial charge is 0.0865 e. The fourth-order valence-electron chi connectivity index (χ4n) is 3.30. The zero-order valence-electron chi connectivity index (χ0n) is 11.6. The average Bonchev–Trinajstić information content (AvgIpc) is 2.42. The van der Waals surface area contributed by atoms with E-state index in [0.717, 1.165) is 23.2 Å². The van der Waals surface area contributed by atoms with Gasteiger partial charge in [-0.15, -0.1) is 0 Å². The first-order chi connectivity index (χ1) is 8.00. The number of hydrogen-bond acceptors (Lipinski definition) is 1. The molecule has 0 amide bonds. The molecule has 96 valence electrons. The summed E-state index contributed by atoms with van der Waals surface area (Å²) < 4.78 is 0. The lowest BCUT2D eigenvalue weighted by Crippen LogP contribution is -2.30. The van der Waals surface area contributed by atoms with E-state index in [0.29, 0.717) is 6.04 Å². The summed E-state index contributed by atoms with van der Waals surface area (Å²) in [6, 6.07) is 0.533. The SMILES string of the molecule is CC(C)C1CCCC2=C(CC(=S)N2C(C)C)C1. The van der Waals surface area contributed by atoms with Crippen LogP contribution in [-0.4, -0.2) is 15.9 Å². The van der Waals surface area contributed by atoms with Crippen LogP contribution >= 0.6 is 12.2 Å². The van der Waals surface area contributed by atoms with Gasteiger partial charge in [0.2, 0.25) is 0 Å². The average molecular weight is 251 g/mol. The van der Waals surface area contributed by atoms with Gasteiger partial charge in [0.15, 0.2) is 0 Å². The van der Waals surface area contributed by atoms with Crippen LogP contribution in [0, 0.1) is 11.8 Å². The molecule has 0 fully saturated rings. The predicted molar refractivity (Wildman–Crippen MR) is 78.0 cm³/mol. The van der Waals surface area contributed by atoms with Gasteiger partial charge in [0.05, 0.1) is 4.99 Å². The van der Waals surface area contributed by atoms with Crippen molar-refractivity contribution in [1.29, 1.82) is 0 Å². The van der Waals surface area contributed by atoms with Gasteiger partial charge in [0.25, 0.3) is 0 Å². The first-order valence-electron chi connectivity index (χ1n) is 7.03. The van der Waals surface area contributed by atoms with Gasteiger partial charge < -0.3 is 4.90 Å². The van der Waals surface area contributed by atoms with Gasteiger partial charge in [-0.05, 0) is 56.9 Å². The molecule has 0 saturated heterocycles. The molecule has 1 aliphatic heterocycles. The molecule has 1 heterocycles. The molecular weight excluding hydrogens is 226 g/mol. The Labute approximate surface area is 111 Å². The molecule has 2 aliphatic rings. The molecule has 2 heteroatoms. The van der Waals surface area contributed by atoms with Crippen molar-refractivity contribution in [2.24, 2.45) is 11.8 Å². The van der Waals surface area contributed by atoms with Gasteiger partial charge in [0, 0.05) is 18.2 Å². The van der Waals surface area contributed by atoms with E-state index in [1.54, 1.807) is 11.3 Å². The van der Waals surface area contributed by atoms with E-state index >= 15 is 0 Å². The second-order valence-electron chi connectivity index (χ2n) is 6.18. The third kappa shape index (κ3) is 2.57. The van der Waals surface area contributed by atoms with Crippen LogP contribution in [0.25, 0.3) is 0 Å². The third-order valence-corrected chi connectivity index (χ3v) is 4.63. The number of thiocarbonyl (C=S) groups is 1. The molecule has 0 bridgehead atoms. The van der Waals surface area contributed by atoms with Gasteiger partial charge in [0.1, 0.15) is 0 Å². The number of allylic oxidation sites excluding steroid dienone is 1. The summed E-state index contributed by atoms with van der Waals surface area (Å²) in [5.74, 6) is 1.68. The molecule has 1 nitrogen and oxygen atoms in total. The predicted octanol–water partition coefficient (Wildman–Crippen LogP) is 4.53. The van der Waals surface area contributed by atoms with Crippen LogP contribution in [0.2, 0.25) is 0 Å². The molecule has 1 atom stereocenters. The Kier molecular flexibility index (Phi) is 3.92. The lowest BCUT2D eigenvalue weighted by atomic mass is 9.86. The Morgan fingerprint density at radius 3 is 2.53 bits per heavy atom. The number of rotatable bonds is 2. The number of hydrogen-bond donors (Lipinski definition) is 0. The maximum absolute atomic E-state index is 5.56. The van der Waals surface area contributed by atoms with Gasteiger partial charge in [-0.2, -0.15) is 0 Å². The molecule has 0 aromatic heterocycles. The lowest BCUT2D eigenvalue weighted by molar-refractivity contribution is 0.352. The minimum absolute atomic E-state index is 0.533. The molecule has 1 aliphatic carbocycles.